The number of rotatable bonds is 19. The van der Waals surface area contributed by atoms with Crippen molar-refractivity contribution in [2.45, 2.75) is 26.7 Å². The lowest BCUT2D eigenvalue weighted by Crippen LogP contribution is -2.29. The van der Waals surface area contributed by atoms with E-state index in [0.717, 1.165) is 25.9 Å². The lowest BCUT2D eigenvalue weighted by molar-refractivity contribution is -0.114. The molecule has 54 heavy (non-hydrogen) atoms. The molecule has 16 heteroatoms. The number of aromatic nitrogens is 2. The average molecular weight is 741 g/mol. The summed E-state index contributed by atoms with van der Waals surface area (Å²) in [6.45, 7) is 5.81. The maximum absolute atomic E-state index is 13.3. The number of ketones is 2. The Balaban J connectivity index is 1.44. The van der Waals surface area contributed by atoms with E-state index in [2.05, 4.69) is 46.7 Å². The number of nitrogens with one attached hydrogen (secondary N) is 7. The third kappa shape index (κ3) is 12.0. The van der Waals surface area contributed by atoms with Crippen LogP contribution < -0.4 is 32.4 Å². The van der Waals surface area contributed by atoms with Crippen molar-refractivity contribution in [1.29, 1.82) is 0 Å². The number of H-pyrrole nitrogens is 2. The molecule has 0 saturated heterocycles. The monoisotopic (exact) mass is 740 g/mol. The molecule has 0 unspecified atom stereocenters. The number of nitrogens with zero attached hydrogens (tertiary/aromatic N) is 3. The Bertz CT molecular complexity index is 2080. The molecule has 0 aliphatic rings. The lowest BCUT2D eigenvalue weighted by atomic mass is 10.0. The molecule has 0 radical (unpaired) electrons. The summed E-state index contributed by atoms with van der Waals surface area (Å²) in [6.07, 6.45) is 1.60. The van der Waals surface area contributed by atoms with Gasteiger partial charge in [0.25, 0.3) is 17.7 Å². The van der Waals surface area contributed by atoms with Gasteiger partial charge in [0.1, 0.15) is 0 Å². The van der Waals surface area contributed by atoms with Crippen LogP contribution in [-0.4, -0.2) is 116 Å². The summed E-state index contributed by atoms with van der Waals surface area (Å²) >= 11 is 0. The van der Waals surface area contributed by atoms with Crippen molar-refractivity contribution in [3.05, 3.63) is 87.3 Å². The zero-order valence-corrected chi connectivity index (χ0v) is 31.4. The molecule has 0 aliphatic carbocycles. The van der Waals surface area contributed by atoms with Crippen molar-refractivity contribution in [2.75, 3.05) is 77.0 Å². The fourth-order valence-corrected chi connectivity index (χ4v) is 5.41. The Morgan fingerprint density at radius 2 is 1.37 bits per heavy atom. The third-order valence-electron chi connectivity index (χ3n) is 8.16. The fourth-order valence-electron chi connectivity index (χ4n) is 5.41. The molecule has 0 atom stereocenters. The molecular weight excluding hydrogens is 692 g/mol. The van der Waals surface area contributed by atoms with Gasteiger partial charge in [-0.2, -0.15) is 5.10 Å². The van der Waals surface area contributed by atoms with Gasteiger partial charge < -0.3 is 41.0 Å². The minimum Gasteiger partial charge on any atom is -0.352 e. The van der Waals surface area contributed by atoms with E-state index in [1.807, 2.05) is 33.1 Å². The minimum absolute atomic E-state index is 0.0731. The number of aryl methyl sites for hydroxylation is 1. The molecule has 0 spiro atoms. The van der Waals surface area contributed by atoms with Crippen LogP contribution >= 0.6 is 0 Å². The van der Waals surface area contributed by atoms with Gasteiger partial charge in [-0.05, 0) is 128 Å². The number of hydrazone groups is 1. The Kier molecular flexibility index (Phi) is 14.5. The second-order valence-corrected chi connectivity index (χ2v) is 13.4. The molecule has 16 nitrogen and oxygen atoms in total. The van der Waals surface area contributed by atoms with E-state index < -0.39 is 23.3 Å². The molecule has 0 fully saturated rings. The Hall–Kier alpha value is -5.97. The summed E-state index contributed by atoms with van der Waals surface area (Å²) in [7, 11) is 7.86. The first-order valence-corrected chi connectivity index (χ1v) is 17.5. The molecule has 3 amide bonds. The molecule has 3 aromatic carbocycles. The first-order valence-electron chi connectivity index (χ1n) is 17.5. The smallest absolute Gasteiger partial charge is 0.323 e. The van der Waals surface area contributed by atoms with Crippen molar-refractivity contribution in [2.24, 2.45) is 5.10 Å². The predicted molar refractivity (Wildman–Crippen MR) is 211 cm³/mol. The van der Waals surface area contributed by atoms with Crippen molar-refractivity contribution in [1.82, 2.24) is 30.4 Å². The molecule has 1 aromatic heterocycles. The largest absolute Gasteiger partial charge is 0.352 e. The Morgan fingerprint density at radius 3 is 2.04 bits per heavy atom. The highest BCUT2D eigenvalue weighted by molar-refractivity contribution is 6.67. The van der Waals surface area contributed by atoms with Crippen LogP contribution in [0.3, 0.4) is 0 Å². The molecule has 0 aliphatic heterocycles. The highest BCUT2D eigenvalue weighted by atomic mass is 16.2. The van der Waals surface area contributed by atoms with Gasteiger partial charge in [0.2, 0.25) is 0 Å². The van der Waals surface area contributed by atoms with Gasteiger partial charge in [0, 0.05) is 41.5 Å². The van der Waals surface area contributed by atoms with Crippen LogP contribution in [0.2, 0.25) is 0 Å². The van der Waals surface area contributed by atoms with E-state index in [9.17, 15) is 28.8 Å². The summed E-state index contributed by atoms with van der Waals surface area (Å²) in [5, 5.41) is 15.5. The average Bonchev–Trinajstić information content (AvgIpc) is 3.50. The number of Topliss-reactive ketones (excluding diaryl/α,β-unsaturated/α-hetero) is 2. The van der Waals surface area contributed by atoms with Crippen molar-refractivity contribution < 1.29 is 24.0 Å². The summed E-state index contributed by atoms with van der Waals surface area (Å²) in [4.78, 5) is 85.9. The summed E-state index contributed by atoms with van der Waals surface area (Å²) < 4.78 is 0. The van der Waals surface area contributed by atoms with Crippen LogP contribution in [-0.2, 0) is 9.59 Å². The normalized spacial score (nSPS) is 11.5. The number of carbonyl (C=O) groups is 5. The van der Waals surface area contributed by atoms with Crippen LogP contribution in [0.15, 0.2) is 64.5 Å². The van der Waals surface area contributed by atoms with E-state index >= 15 is 0 Å². The molecule has 0 saturated carbocycles. The number of fused-ring (bicyclic) bond motifs is 1. The van der Waals surface area contributed by atoms with E-state index in [1.165, 1.54) is 31.2 Å². The highest BCUT2D eigenvalue weighted by Crippen LogP contribution is 2.20. The van der Waals surface area contributed by atoms with Crippen LogP contribution in [0.5, 0.6) is 0 Å². The molecule has 4 rings (SSSR count). The van der Waals surface area contributed by atoms with Gasteiger partial charge in [-0.1, -0.05) is 0 Å². The number of carbonyl (C=O) groups excluding carboxylic acids is 5. The van der Waals surface area contributed by atoms with Gasteiger partial charge in [-0.25, -0.2) is 4.79 Å². The predicted octanol–water partition coefficient (Wildman–Crippen LogP) is 2.82. The van der Waals surface area contributed by atoms with Gasteiger partial charge in [0.05, 0.1) is 23.3 Å². The van der Waals surface area contributed by atoms with Gasteiger partial charge >= 0.3 is 5.69 Å². The van der Waals surface area contributed by atoms with Crippen LogP contribution in [0.1, 0.15) is 56.4 Å². The number of amides is 3. The molecule has 1 heterocycles. The number of imidazole rings is 1. The van der Waals surface area contributed by atoms with E-state index in [4.69, 9.17) is 0 Å². The maximum atomic E-state index is 13.3. The van der Waals surface area contributed by atoms with E-state index in [-0.39, 0.29) is 46.3 Å². The van der Waals surface area contributed by atoms with Gasteiger partial charge in [-0.3, -0.25) is 29.4 Å². The zero-order chi connectivity index (χ0) is 39.4. The summed E-state index contributed by atoms with van der Waals surface area (Å²) in [5.74, 6) is -2.42. The minimum atomic E-state index is -0.759. The van der Waals surface area contributed by atoms with Crippen molar-refractivity contribution >= 4 is 63.1 Å². The first kappa shape index (κ1) is 40.8. The zero-order valence-electron chi connectivity index (χ0n) is 31.4. The van der Waals surface area contributed by atoms with Crippen LogP contribution in [0, 0.1) is 6.92 Å². The van der Waals surface area contributed by atoms with Crippen LogP contribution in [0.4, 0.5) is 17.1 Å². The number of anilines is 3. The maximum Gasteiger partial charge on any atom is 0.323 e. The van der Waals surface area contributed by atoms with E-state index in [0.29, 0.717) is 41.1 Å². The Morgan fingerprint density at radius 1 is 0.722 bits per heavy atom. The summed E-state index contributed by atoms with van der Waals surface area (Å²) in [6, 6.07) is 13.9. The highest BCUT2D eigenvalue weighted by Gasteiger charge is 2.19. The van der Waals surface area contributed by atoms with Gasteiger partial charge in [0.15, 0.2) is 17.3 Å². The molecular formula is C38H48N10O6. The molecule has 286 valence electrons. The second-order valence-electron chi connectivity index (χ2n) is 13.4. The SMILES string of the molecule is CC(=O)/C(=N/Nc1ccc(C(=O)Nc2cc(C(=O)CNCCCN(C)C)cc(C(=O)NCCCN(C)C)c2)cc1)C(=O)Nc1cc(C)c2[nH]c(=O)[nH]c2c1. The quantitative estimate of drug-likeness (QED) is 0.0246. The van der Waals surface area contributed by atoms with Crippen molar-refractivity contribution in [3.8, 4) is 0 Å². The number of benzene rings is 3. The lowest BCUT2D eigenvalue weighted by Gasteiger charge is -2.13. The molecule has 7 N–H and O–H groups in total. The van der Waals surface area contributed by atoms with E-state index in [1.54, 1.807) is 37.3 Å². The van der Waals surface area contributed by atoms with Crippen LogP contribution in [0.25, 0.3) is 11.0 Å². The number of hydrogen-bond donors (Lipinski definition) is 7. The standard InChI is InChI=1S/C38H48N10O6/c1-23-17-29(21-31-33(23)44-38(54)43-31)42-37(53)34(24(2)49)46-45-28-11-9-25(10-12-28)36(52)41-30-19-26(32(50)22-39-13-7-15-47(3)4)18-27(20-30)35(51)40-14-8-16-48(5)6/h9-12,17-21,39,45H,7-8,13-16,22H2,1-6H3,(H,40,51)(H,41,52)(H,42,53)(H2,43,44,54)/b46-34-. The topological polar surface area (TPSA) is 213 Å². The first-order chi connectivity index (χ1) is 25.7. The second kappa shape index (κ2) is 19.2. The molecule has 0 bridgehead atoms. The van der Waals surface area contributed by atoms with Gasteiger partial charge in [-0.15, -0.1) is 0 Å². The van der Waals surface area contributed by atoms with Crippen molar-refractivity contribution in [3.63, 3.8) is 0 Å². The molecule has 4 aromatic rings. The third-order valence-corrected chi connectivity index (χ3v) is 8.16. The number of hydrogen-bond acceptors (Lipinski definition) is 11. The summed E-state index contributed by atoms with van der Waals surface area (Å²) in [5.41, 5.74) is 5.52. The number of aromatic amines is 2. The fraction of sp³-hybridized carbons (Fsp3) is 0.342. The Labute approximate surface area is 313 Å².